The maximum Gasteiger partial charge on any atom is 0.243 e. The number of ether oxygens (including phenoxy) is 3. The van der Waals surface area contributed by atoms with Crippen LogP contribution >= 0.6 is 11.6 Å². The van der Waals surface area contributed by atoms with Crippen LogP contribution in [-0.2, 0) is 16.4 Å². The smallest absolute Gasteiger partial charge is 0.243 e. The van der Waals surface area contributed by atoms with Crippen molar-refractivity contribution in [2.75, 3.05) is 20.8 Å². The van der Waals surface area contributed by atoms with Crippen molar-refractivity contribution in [3.63, 3.8) is 0 Å². The molecule has 0 amide bonds. The third-order valence-electron chi connectivity index (χ3n) is 4.30. The number of nitrogens with zero attached hydrogens (tertiary/aromatic N) is 4. The molecule has 0 spiro atoms. The van der Waals surface area contributed by atoms with Crippen LogP contribution < -0.4 is 19.3 Å². The van der Waals surface area contributed by atoms with E-state index in [9.17, 15) is 17.2 Å². The first-order valence-electron chi connectivity index (χ1n) is 8.75. The number of nitrogens with two attached hydrogens (primary N) is 1. The number of fused-ring (bicyclic) bond motifs is 1. The van der Waals surface area contributed by atoms with E-state index >= 15 is 0 Å². The van der Waals surface area contributed by atoms with E-state index in [0.717, 1.165) is 6.20 Å². The van der Waals surface area contributed by atoms with Gasteiger partial charge < -0.3 is 14.2 Å². The summed E-state index contributed by atoms with van der Waals surface area (Å²) in [6.45, 7) is -0.393. The predicted molar refractivity (Wildman–Crippen MR) is 109 cm³/mol. The summed E-state index contributed by atoms with van der Waals surface area (Å²) < 4.78 is 67.3. The molecular formula is C18H16ClF2N5O5S. The number of hydrogen-bond donors (Lipinski definition) is 1. The van der Waals surface area contributed by atoms with Gasteiger partial charge in [-0.2, -0.15) is 15.2 Å². The number of hydrogen-bond acceptors (Lipinski definition) is 8. The van der Waals surface area contributed by atoms with E-state index in [0.29, 0.717) is 0 Å². The summed E-state index contributed by atoms with van der Waals surface area (Å²) >= 11 is 6.22. The molecule has 32 heavy (non-hydrogen) atoms. The Kier molecular flexibility index (Phi) is 6.68. The van der Waals surface area contributed by atoms with Gasteiger partial charge in [-0.3, -0.25) is 4.57 Å². The first-order valence-corrected chi connectivity index (χ1v) is 10.7. The zero-order chi connectivity index (χ0) is 23.6. The third-order valence-corrected chi connectivity index (χ3v) is 5.54. The standard InChI is InChI=1S/C18H16ClF2N5O5S/c1-29-16-10(7-13(20)21)17(30-2)25-18(24-16)26-8-12(32(23,27)28)9-3-4-11(19)15(14(9)26)31-6-5-22/h3-4,8,13H,6-7H2,1-2H3,(H2,23,27,28). The Balaban J connectivity index is 2.40. The predicted octanol–water partition coefficient (Wildman–Crippen LogP) is 2.45. The molecule has 2 aromatic heterocycles. The third kappa shape index (κ3) is 4.38. The largest absolute Gasteiger partial charge is 0.481 e. The highest BCUT2D eigenvalue weighted by Gasteiger charge is 2.26. The highest BCUT2D eigenvalue weighted by Crippen LogP contribution is 2.39. The summed E-state index contributed by atoms with van der Waals surface area (Å²) in [5.74, 6) is -0.625. The van der Waals surface area contributed by atoms with Gasteiger partial charge in [0, 0.05) is 18.0 Å². The van der Waals surface area contributed by atoms with Crippen LogP contribution in [0.4, 0.5) is 8.78 Å². The number of rotatable bonds is 8. The fourth-order valence-electron chi connectivity index (χ4n) is 3.07. The minimum atomic E-state index is -4.22. The molecule has 0 fully saturated rings. The van der Waals surface area contributed by atoms with E-state index in [2.05, 4.69) is 9.97 Å². The Labute approximate surface area is 186 Å². The van der Waals surface area contributed by atoms with Crippen molar-refractivity contribution in [2.24, 2.45) is 5.14 Å². The Morgan fingerprint density at radius 3 is 2.38 bits per heavy atom. The summed E-state index contributed by atoms with van der Waals surface area (Å²) in [6.07, 6.45) is -2.33. The van der Waals surface area contributed by atoms with Crippen molar-refractivity contribution in [1.29, 1.82) is 5.26 Å². The molecule has 3 rings (SSSR count). The second kappa shape index (κ2) is 9.11. The molecule has 0 saturated heterocycles. The van der Waals surface area contributed by atoms with E-state index in [1.165, 1.54) is 30.9 Å². The van der Waals surface area contributed by atoms with Gasteiger partial charge in [-0.15, -0.1) is 0 Å². The van der Waals surface area contributed by atoms with E-state index in [1.54, 1.807) is 6.07 Å². The SMILES string of the molecule is COc1nc(-n2cc(S(N)(=O)=O)c3ccc(Cl)c(OCC#N)c32)nc(OC)c1CC(F)F. The van der Waals surface area contributed by atoms with Gasteiger partial charge in [0.25, 0.3) is 0 Å². The molecule has 0 aliphatic carbocycles. The van der Waals surface area contributed by atoms with Crippen molar-refractivity contribution in [1.82, 2.24) is 14.5 Å². The zero-order valence-corrected chi connectivity index (χ0v) is 18.2. The minimum absolute atomic E-state index is 0.0289. The van der Waals surface area contributed by atoms with E-state index < -0.39 is 29.5 Å². The number of sulfonamides is 1. The lowest BCUT2D eigenvalue weighted by atomic mass is 10.2. The number of halogens is 3. The van der Waals surface area contributed by atoms with Crippen molar-refractivity contribution >= 4 is 32.5 Å². The molecular weight excluding hydrogens is 472 g/mol. The average Bonchev–Trinajstić information content (AvgIpc) is 3.13. The Hall–Kier alpha value is -3.21. The number of benzene rings is 1. The van der Waals surface area contributed by atoms with Crippen molar-refractivity contribution < 1.29 is 31.4 Å². The summed E-state index contributed by atoms with van der Waals surface area (Å²) in [5, 5.41) is 14.4. The van der Waals surface area contributed by atoms with Crippen LogP contribution in [0.3, 0.4) is 0 Å². The van der Waals surface area contributed by atoms with Gasteiger partial charge in [-0.05, 0) is 12.1 Å². The number of methoxy groups -OCH3 is 2. The first-order chi connectivity index (χ1) is 15.1. The molecule has 14 heteroatoms. The lowest BCUT2D eigenvalue weighted by Gasteiger charge is -2.15. The average molecular weight is 488 g/mol. The zero-order valence-electron chi connectivity index (χ0n) is 16.7. The van der Waals surface area contributed by atoms with Crippen LogP contribution in [0.15, 0.2) is 23.2 Å². The molecule has 0 aliphatic heterocycles. The molecule has 1 aromatic carbocycles. The fraction of sp³-hybridized carbons (Fsp3) is 0.278. The quantitative estimate of drug-likeness (QED) is 0.510. The topological polar surface area (TPSA) is 142 Å². The lowest BCUT2D eigenvalue weighted by molar-refractivity contribution is 0.146. The van der Waals surface area contributed by atoms with Gasteiger partial charge >= 0.3 is 0 Å². The molecule has 0 bridgehead atoms. The molecule has 0 saturated carbocycles. The van der Waals surface area contributed by atoms with Gasteiger partial charge in [0.2, 0.25) is 34.2 Å². The molecule has 2 heterocycles. The Morgan fingerprint density at radius 2 is 1.88 bits per heavy atom. The van der Waals surface area contributed by atoms with Gasteiger partial charge in [-0.25, -0.2) is 22.3 Å². The molecule has 2 N–H and O–H groups in total. The van der Waals surface area contributed by atoms with Gasteiger partial charge in [-0.1, -0.05) is 11.6 Å². The van der Waals surface area contributed by atoms with Gasteiger partial charge in [0.1, 0.15) is 16.5 Å². The molecule has 170 valence electrons. The highest BCUT2D eigenvalue weighted by atomic mass is 35.5. The van der Waals surface area contributed by atoms with Crippen molar-refractivity contribution in [3.05, 3.63) is 28.9 Å². The Bertz CT molecular complexity index is 1300. The van der Waals surface area contributed by atoms with E-state index in [1.807, 2.05) is 0 Å². The first kappa shape index (κ1) is 23.5. The number of aromatic nitrogens is 3. The van der Waals surface area contributed by atoms with Crippen molar-refractivity contribution in [2.45, 2.75) is 17.7 Å². The van der Waals surface area contributed by atoms with Crippen LogP contribution in [0.1, 0.15) is 5.56 Å². The normalized spacial score (nSPS) is 11.6. The fourth-order valence-corrected chi connectivity index (χ4v) is 4.00. The second-order valence-corrected chi connectivity index (χ2v) is 8.18. The van der Waals surface area contributed by atoms with Gasteiger partial charge in [0.05, 0.1) is 24.8 Å². The maximum absolute atomic E-state index is 13.0. The molecule has 0 aliphatic rings. The summed E-state index contributed by atoms with van der Waals surface area (Å²) in [6, 6.07) is 4.57. The van der Waals surface area contributed by atoms with Crippen LogP contribution in [0, 0.1) is 11.3 Å². The number of nitriles is 1. The summed E-state index contributed by atoms with van der Waals surface area (Å²) in [5.41, 5.74) is 0.0124. The van der Waals surface area contributed by atoms with E-state index in [4.69, 9.17) is 36.2 Å². The van der Waals surface area contributed by atoms with Crippen LogP contribution in [0.25, 0.3) is 16.9 Å². The van der Waals surface area contributed by atoms with Crippen molar-refractivity contribution in [3.8, 4) is 29.5 Å². The molecule has 10 nitrogen and oxygen atoms in total. The number of primary sulfonamides is 1. The maximum atomic E-state index is 13.0. The minimum Gasteiger partial charge on any atom is -0.481 e. The van der Waals surface area contributed by atoms with Crippen LogP contribution in [0.5, 0.6) is 17.5 Å². The monoisotopic (exact) mass is 487 g/mol. The highest BCUT2D eigenvalue weighted by molar-refractivity contribution is 7.89. The van der Waals surface area contributed by atoms with Crippen LogP contribution in [-0.4, -0.2) is 50.2 Å². The molecule has 0 atom stereocenters. The van der Waals surface area contributed by atoms with E-state index in [-0.39, 0.29) is 49.8 Å². The lowest BCUT2D eigenvalue weighted by Crippen LogP contribution is -2.12. The summed E-state index contributed by atoms with van der Waals surface area (Å²) in [4.78, 5) is 7.97. The van der Waals surface area contributed by atoms with Gasteiger partial charge in [0.15, 0.2) is 12.4 Å². The summed E-state index contributed by atoms with van der Waals surface area (Å²) in [7, 11) is -1.77. The molecule has 0 radical (unpaired) electrons. The number of alkyl halides is 2. The van der Waals surface area contributed by atoms with Crippen LogP contribution in [0.2, 0.25) is 5.02 Å². The molecule has 3 aromatic rings. The Morgan fingerprint density at radius 1 is 1.25 bits per heavy atom. The second-order valence-electron chi connectivity index (χ2n) is 6.24. The molecule has 0 unspecified atom stereocenters.